The van der Waals surface area contributed by atoms with E-state index in [0.29, 0.717) is 24.2 Å². The third-order valence-corrected chi connectivity index (χ3v) is 5.51. The molecule has 10 heteroatoms. The monoisotopic (exact) mass is 460 g/mol. The number of amidine groups is 1. The fraction of sp³-hybridized carbons (Fsp3) is 0.208. The van der Waals surface area contributed by atoms with E-state index in [1.807, 2.05) is 30.3 Å². The minimum atomic E-state index is -0.781. The maximum atomic E-state index is 13.0. The molecular weight excluding hydrogens is 436 g/mol. The molecule has 0 saturated heterocycles. The molecule has 10 nitrogen and oxygen atoms in total. The summed E-state index contributed by atoms with van der Waals surface area (Å²) >= 11 is 0. The van der Waals surface area contributed by atoms with E-state index in [1.165, 1.54) is 10.8 Å². The number of rotatable bonds is 7. The van der Waals surface area contributed by atoms with Crippen LogP contribution in [0.3, 0.4) is 0 Å². The number of fused-ring (bicyclic) bond motifs is 1. The van der Waals surface area contributed by atoms with E-state index >= 15 is 0 Å². The number of carbonyl (C=O) groups is 2. The van der Waals surface area contributed by atoms with Gasteiger partial charge in [0.05, 0.1) is 6.20 Å². The summed E-state index contributed by atoms with van der Waals surface area (Å²) in [7, 11) is 0. The minimum absolute atomic E-state index is 0.0293. The van der Waals surface area contributed by atoms with Crippen LogP contribution < -0.4 is 21.9 Å². The fourth-order valence-corrected chi connectivity index (χ4v) is 3.72. The fourth-order valence-electron chi connectivity index (χ4n) is 3.72. The standard InChI is InChI=1S/C24H24N6O4/c25-21(26)17-8-6-15(7-9-17)12-28-22(31)19-10-11-20-27-13-18(23(32)30(19)20)29-24(33)34-14-16-4-2-1-3-5-16/h1-9,13,19H,10-12,14H2,(H3,25,26)(H,28,31)(H,29,33)/t19-/m0/s1. The van der Waals surface area contributed by atoms with Crippen molar-refractivity contribution in [3.63, 3.8) is 0 Å². The highest BCUT2D eigenvalue weighted by Gasteiger charge is 2.31. The first-order valence-corrected chi connectivity index (χ1v) is 10.7. The van der Waals surface area contributed by atoms with E-state index in [2.05, 4.69) is 15.6 Å². The Morgan fingerprint density at radius 1 is 1.12 bits per heavy atom. The van der Waals surface area contributed by atoms with Gasteiger partial charge in [-0.1, -0.05) is 54.6 Å². The number of aromatic nitrogens is 2. The van der Waals surface area contributed by atoms with Gasteiger partial charge < -0.3 is 15.8 Å². The van der Waals surface area contributed by atoms with Gasteiger partial charge in [0.15, 0.2) is 0 Å². The van der Waals surface area contributed by atoms with Gasteiger partial charge in [0, 0.05) is 18.5 Å². The van der Waals surface area contributed by atoms with Gasteiger partial charge in [0.25, 0.3) is 5.56 Å². The molecule has 0 saturated carbocycles. The van der Waals surface area contributed by atoms with Crippen LogP contribution >= 0.6 is 0 Å². The summed E-state index contributed by atoms with van der Waals surface area (Å²) in [5, 5.41) is 12.7. The van der Waals surface area contributed by atoms with Gasteiger partial charge in [-0.2, -0.15) is 0 Å². The van der Waals surface area contributed by atoms with Gasteiger partial charge >= 0.3 is 6.09 Å². The molecular formula is C24H24N6O4. The zero-order valence-corrected chi connectivity index (χ0v) is 18.3. The van der Waals surface area contributed by atoms with Crippen molar-refractivity contribution in [1.82, 2.24) is 14.9 Å². The van der Waals surface area contributed by atoms with Crippen molar-refractivity contribution in [2.45, 2.75) is 32.0 Å². The molecule has 2 aromatic carbocycles. The second-order valence-corrected chi connectivity index (χ2v) is 7.83. The summed E-state index contributed by atoms with van der Waals surface area (Å²) in [5.74, 6) is 0.139. The van der Waals surface area contributed by atoms with Gasteiger partial charge in [-0.05, 0) is 17.5 Å². The first kappa shape index (κ1) is 22.7. The van der Waals surface area contributed by atoms with Gasteiger partial charge in [0.2, 0.25) is 5.91 Å². The number of anilines is 1. The van der Waals surface area contributed by atoms with E-state index in [9.17, 15) is 14.4 Å². The third kappa shape index (κ3) is 5.12. The zero-order valence-electron chi connectivity index (χ0n) is 18.3. The topological polar surface area (TPSA) is 152 Å². The Hall–Kier alpha value is -4.47. The maximum absolute atomic E-state index is 13.0. The van der Waals surface area contributed by atoms with E-state index in [1.54, 1.807) is 24.3 Å². The second kappa shape index (κ2) is 9.99. The first-order valence-electron chi connectivity index (χ1n) is 10.7. The van der Waals surface area contributed by atoms with E-state index < -0.39 is 17.7 Å². The molecule has 2 amide bonds. The number of hydrogen-bond acceptors (Lipinski definition) is 6. The summed E-state index contributed by atoms with van der Waals surface area (Å²) in [5.41, 5.74) is 7.13. The van der Waals surface area contributed by atoms with Gasteiger partial charge in [-0.3, -0.25) is 24.9 Å². The van der Waals surface area contributed by atoms with Crippen LogP contribution in [-0.4, -0.2) is 27.4 Å². The van der Waals surface area contributed by atoms with E-state index in [-0.39, 0.29) is 30.6 Å². The van der Waals surface area contributed by atoms with Crippen LogP contribution in [0.15, 0.2) is 65.6 Å². The van der Waals surface area contributed by atoms with Gasteiger partial charge in [-0.15, -0.1) is 0 Å². The number of nitrogens with one attached hydrogen (secondary N) is 3. The molecule has 1 aromatic heterocycles. The van der Waals surface area contributed by atoms with Crippen molar-refractivity contribution < 1.29 is 14.3 Å². The first-order chi connectivity index (χ1) is 16.4. The zero-order chi connectivity index (χ0) is 24.1. The van der Waals surface area contributed by atoms with Crippen molar-refractivity contribution >= 4 is 23.5 Å². The lowest BCUT2D eigenvalue weighted by molar-refractivity contribution is -0.124. The van der Waals surface area contributed by atoms with Gasteiger partial charge in [0.1, 0.15) is 30.0 Å². The Kier molecular flexibility index (Phi) is 6.67. The number of aryl methyl sites for hydroxylation is 1. The van der Waals surface area contributed by atoms with Crippen LogP contribution in [0.4, 0.5) is 10.5 Å². The van der Waals surface area contributed by atoms with Crippen LogP contribution in [-0.2, 0) is 29.1 Å². The number of hydrogen-bond donors (Lipinski definition) is 4. The highest BCUT2D eigenvalue weighted by Crippen LogP contribution is 2.23. The second-order valence-electron chi connectivity index (χ2n) is 7.83. The molecule has 3 aromatic rings. The highest BCUT2D eigenvalue weighted by atomic mass is 16.5. The average molecular weight is 460 g/mol. The molecule has 0 fully saturated rings. The van der Waals surface area contributed by atoms with Crippen molar-refractivity contribution in [1.29, 1.82) is 5.41 Å². The Balaban J connectivity index is 1.40. The molecule has 174 valence electrons. The van der Waals surface area contributed by atoms with Crippen molar-refractivity contribution in [3.05, 3.63) is 93.7 Å². The SMILES string of the molecule is N=C(N)c1ccc(CNC(=O)[C@@H]2CCc3ncc(NC(=O)OCc4ccccc4)c(=O)n32)cc1. The molecule has 0 radical (unpaired) electrons. The Morgan fingerprint density at radius 3 is 2.56 bits per heavy atom. The smallest absolute Gasteiger partial charge is 0.412 e. The number of carbonyl (C=O) groups excluding carboxylic acids is 2. The largest absolute Gasteiger partial charge is 0.444 e. The summed E-state index contributed by atoms with van der Waals surface area (Å²) in [4.78, 5) is 42.3. The molecule has 2 heterocycles. The molecule has 0 unspecified atom stereocenters. The normalized spacial score (nSPS) is 14.2. The van der Waals surface area contributed by atoms with Crippen LogP contribution in [0.2, 0.25) is 0 Å². The minimum Gasteiger partial charge on any atom is -0.444 e. The average Bonchev–Trinajstić information content (AvgIpc) is 3.29. The molecule has 4 rings (SSSR count). The van der Waals surface area contributed by atoms with Gasteiger partial charge in [-0.25, -0.2) is 9.78 Å². The number of nitrogens with two attached hydrogens (primary N) is 1. The van der Waals surface area contributed by atoms with Crippen LogP contribution in [0, 0.1) is 5.41 Å². The molecule has 1 atom stereocenters. The van der Waals surface area contributed by atoms with E-state index in [4.69, 9.17) is 15.9 Å². The predicted octanol–water partition coefficient (Wildman–Crippen LogP) is 2.08. The molecule has 1 aliphatic rings. The van der Waals surface area contributed by atoms with Crippen LogP contribution in [0.1, 0.15) is 35.0 Å². The van der Waals surface area contributed by atoms with E-state index in [0.717, 1.165) is 11.1 Å². The number of nitrogens with zero attached hydrogens (tertiary/aromatic N) is 2. The quantitative estimate of drug-likeness (QED) is 0.313. The highest BCUT2D eigenvalue weighted by molar-refractivity contribution is 5.94. The number of nitrogen functional groups attached to an aromatic ring is 1. The lowest BCUT2D eigenvalue weighted by Crippen LogP contribution is -2.36. The molecule has 0 spiro atoms. The summed E-state index contributed by atoms with van der Waals surface area (Å²) in [6.45, 7) is 0.319. The predicted molar refractivity (Wildman–Crippen MR) is 125 cm³/mol. The molecule has 1 aliphatic heterocycles. The maximum Gasteiger partial charge on any atom is 0.412 e. The number of benzene rings is 2. The number of amides is 2. The van der Waals surface area contributed by atoms with Crippen molar-refractivity contribution in [3.8, 4) is 0 Å². The van der Waals surface area contributed by atoms with Crippen molar-refractivity contribution in [2.24, 2.45) is 5.73 Å². The molecule has 0 bridgehead atoms. The summed E-state index contributed by atoms with van der Waals surface area (Å²) < 4.78 is 6.49. The van der Waals surface area contributed by atoms with Crippen molar-refractivity contribution in [2.75, 3.05) is 5.32 Å². The van der Waals surface area contributed by atoms with Crippen LogP contribution in [0.25, 0.3) is 0 Å². The number of ether oxygens (including phenoxy) is 1. The molecule has 5 N–H and O–H groups in total. The lowest BCUT2D eigenvalue weighted by Gasteiger charge is -2.15. The Bertz CT molecular complexity index is 1270. The summed E-state index contributed by atoms with van der Waals surface area (Å²) in [6.07, 6.45) is 1.41. The summed E-state index contributed by atoms with van der Waals surface area (Å²) in [6, 6.07) is 15.4. The molecule has 0 aliphatic carbocycles. The Labute approximate surface area is 195 Å². The third-order valence-electron chi connectivity index (χ3n) is 5.51. The van der Waals surface area contributed by atoms with Crippen LogP contribution in [0.5, 0.6) is 0 Å². The Morgan fingerprint density at radius 2 is 1.85 bits per heavy atom. The lowest BCUT2D eigenvalue weighted by atomic mass is 10.1. The molecule has 34 heavy (non-hydrogen) atoms.